The minimum absolute atomic E-state index is 0.213. The van der Waals surface area contributed by atoms with E-state index in [1.807, 2.05) is 23.2 Å². The van der Waals surface area contributed by atoms with Gasteiger partial charge in [0.15, 0.2) is 11.0 Å². The third-order valence-electron chi connectivity index (χ3n) is 4.94. The molecule has 0 N–H and O–H groups in total. The largest absolute Gasteiger partial charge is 0.339 e. The number of likely N-dealkylation sites (tertiary alicyclic amines) is 1. The second kappa shape index (κ2) is 7.15. The summed E-state index contributed by atoms with van der Waals surface area (Å²) in [6.45, 7) is 3.03. The van der Waals surface area contributed by atoms with Gasteiger partial charge in [-0.1, -0.05) is 11.8 Å². The van der Waals surface area contributed by atoms with Crippen LogP contribution >= 0.6 is 11.8 Å². The molecule has 0 spiro atoms. The van der Waals surface area contributed by atoms with E-state index in [-0.39, 0.29) is 5.91 Å². The third-order valence-corrected chi connectivity index (χ3v) is 5.87. The van der Waals surface area contributed by atoms with E-state index >= 15 is 0 Å². The standard InChI is InChI=1S/C18H23N5OS/c1-13-5-2-3-10-22(13)16(24)12-25-18-21-20-17(23(18)15-7-8-15)14-6-4-9-19-11-14/h4,6,9,11,13,15H,2-3,5,7-8,10,12H2,1H3/t13-/m0/s1. The lowest BCUT2D eigenvalue weighted by molar-refractivity contribution is -0.131. The molecule has 0 radical (unpaired) electrons. The number of carbonyl (C=O) groups is 1. The molecule has 1 amide bonds. The Morgan fingerprint density at radius 3 is 2.88 bits per heavy atom. The Morgan fingerprint density at radius 1 is 1.28 bits per heavy atom. The predicted octanol–water partition coefficient (Wildman–Crippen LogP) is 3.17. The molecule has 7 heteroatoms. The number of carbonyl (C=O) groups excluding carboxylic acids is 1. The molecule has 2 aromatic rings. The topological polar surface area (TPSA) is 63.9 Å². The maximum Gasteiger partial charge on any atom is 0.233 e. The second-order valence-corrected chi connectivity index (χ2v) is 7.81. The van der Waals surface area contributed by atoms with E-state index in [2.05, 4.69) is 26.7 Å². The lowest BCUT2D eigenvalue weighted by Crippen LogP contribution is -2.43. The van der Waals surface area contributed by atoms with Crippen molar-refractivity contribution in [3.8, 4) is 11.4 Å². The number of amides is 1. The average molecular weight is 357 g/mol. The number of hydrogen-bond acceptors (Lipinski definition) is 5. The minimum Gasteiger partial charge on any atom is -0.339 e. The molecule has 4 rings (SSSR count). The highest BCUT2D eigenvalue weighted by atomic mass is 32.2. The molecule has 1 aliphatic carbocycles. The van der Waals surface area contributed by atoms with Gasteiger partial charge >= 0.3 is 0 Å². The van der Waals surface area contributed by atoms with Gasteiger partial charge in [-0.15, -0.1) is 10.2 Å². The van der Waals surface area contributed by atoms with Crippen LogP contribution in [0.15, 0.2) is 29.7 Å². The predicted molar refractivity (Wildman–Crippen MR) is 97.3 cm³/mol. The van der Waals surface area contributed by atoms with Gasteiger partial charge in [-0.2, -0.15) is 0 Å². The summed E-state index contributed by atoms with van der Waals surface area (Å²) in [5, 5.41) is 9.59. The molecule has 1 saturated carbocycles. The van der Waals surface area contributed by atoms with Crippen LogP contribution in [0.2, 0.25) is 0 Å². The first-order valence-corrected chi connectivity index (χ1v) is 10.00. The van der Waals surface area contributed by atoms with Crippen LogP contribution in [-0.2, 0) is 4.79 Å². The molecule has 1 saturated heterocycles. The van der Waals surface area contributed by atoms with Crippen molar-refractivity contribution in [3.05, 3.63) is 24.5 Å². The highest BCUT2D eigenvalue weighted by molar-refractivity contribution is 7.99. The summed E-state index contributed by atoms with van der Waals surface area (Å²) in [7, 11) is 0. The Morgan fingerprint density at radius 2 is 2.16 bits per heavy atom. The molecule has 3 heterocycles. The van der Waals surface area contributed by atoms with E-state index in [0.29, 0.717) is 17.8 Å². The smallest absolute Gasteiger partial charge is 0.233 e. The molecule has 2 aromatic heterocycles. The van der Waals surface area contributed by atoms with Gasteiger partial charge in [0.05, 0.1) is 5.75 Å². The van der Waals surface area contributed by atoms with Crippen LogP contribution in [0.5, 0.6) is 0 Å². The molecule has 0 unspecified atom stereocenters. The van der Waals surface area contributed by atoms with Gasteiger partial charge in [0.2, 0.25) is 5.91 Å². The number of rotatable bonds is 5. The lowest BCUT2D eigenvalue weighted by atomic mass is 10.0. The SMILES string of the molecule is C[C@H]1CCCCN1C(=O)CSc1nnc(-c2cccnc2)n1C1CC1. The van der Waals surface area contributed by atoms with Gasteiger partial charge in [-0.25, -0.2) is 0 Å². The zero-order valence-corrected chi connectivity index (χ0v) is 15.3. The van der Waals surface area contributed by atoms with Gasteiger partial charge in [0, 0.05) is 36.6 Å². The van der Waals surface area contributed by atoms with Gasteiger partial charge in [-0.3, -0.25) is 14.3 Å². The number of pyridine rings is 1. The van der Waals surface area contributed by atoms with E-state index in [1.165, 1.54) is 18.2 Å². The first kappa shape index (κ1) is 16.6. The van der Waals surface area contributed by atoms with Crippen LogP contribution in [-0.4, -0.2) is 48.9 Å². The number of aromatic nitrogens is 4. The fraction of sp³-hybridized carbons (Fsp3) is 0.556. The molecule has 1 aliphatic heterocycles. The fourth-order valence-corrected chi connectivity index (χ4v) is 4.30. The van der Waals surface area contributed by atoms with Gasteiger partial charge < -0.3 is 4.90 Å². The quantitative estimate of drug-likeness (QED) is 0.769. The van der Waals surface area contributed by atoms with Crippen LogP contribution in [0.25, 0.3) is 11.4 Å². The summed E-state index contributed by atoms with van der Waals surface area (Å²) in [5.41, 5.74) is 0.977. The summed E-state index contributed by atoms with van der Waals surface area (Å²) in [4.78, 5) is 18.8. The molecule has 6 nitrogen and oxygen atoms in total. The van der Waals surface area contributed by atoms with Crippen molar-refractivity contribution >= 4 is 17.7 Å². The van der Waals surface area contributed by atoms with Crippen LogP contribution in [0, 0.1) is 0 Å². The highest BCUT2D eigenvalue weighted by Crippen LogP contribution is 2.41. The van der Waals surface area contributed by atoms with E-state index < -0.39 is 0 Å². The summed E-state index contributed by atoms with van der Waals surface area (Å²) < 4.78 is 2.19. The first-order valence-electron chi connectivity index (χ1n) is 9.01. The molecule has 1 atom stereocenters. The molecule has 2 aliphatic rings. The van der Waals surface area contributed by atoms with Crippen LogP contribution in [0.4, 0.5) is 0 Å². The van der Waals surface area contributed by atoms with E-state index in [0.717, 1.165) is 48.8 Å². The van der Waals surface area contributed by atoms with Gasteiger partial charge in [-0.05, 0) is 51.2 Å². The summed E-state index contributed by atoms with van der Waals surface area (Å²) in [6, 6.07) is 4.73. The average Bonchev–Trinajstić information content (AvgIpc) is 3.40. The minimum atomic E-state index is 0.213. The van der Waals surface area contributed by atoms with Gasteiger partial charge in [0.25, 0.3) is 0 Å². The Balaban J connectivity index is 1.49. The van der Waals surface area contributed by atoms with Crippen LogP contribution in [0.3, 0.4) is 0 Å². The number of thioether (sulfide) groups is 1. The van der Waals surface area contributed by atoms with Crippen molar-refractivity contribution in [1.82, 2.24) is 24.6 Å². The molecular formula is C18H23N5OS. The van der Waals surface area contributed by atoms with Crippen molar-refractivity contribution in [2.75, 3.05) is 12.3 Å². The molecule has 0 bridgehead atoms. The van der Waals surface area contributed by atoms with Crippen LogP contribution in [0.1, 0.15) is 45.1 Å². The highest BCUT2D eigenvalue weighted by Gasteiger charge is 2.31. The Hall–Kier alpha value is -1.89. The maximum atomic E-state index is 12.6. The molecule has 2 fully saturated rings. The Labute approximate surface area is 152 Å². The molecule has 0 aromatic carbocycles. The van der Waals surface area contributed by atoms with Crippen molar-refractivity contribution in [1.29, 1.82) is 0 Å². The lowest BCUT2D eigenvalue weighted by Gasteiger charge is -2.33. The van der Waals surface area contributed by atoms with Crippen molar-refractivity contribution in [3.63, 3.8) is 0 Å². The third kappa shape index (κ3) is 3.56. The van der Waals surface area contributed by atoms with Gasteiger partial charge in [0.1, 0.15) is 0 Å². The maximum absolute atomic E-state index is 12.6. The number of piperidine rings is 1. The van der Waals surface area contributed by atoms with Crippen molar-refractivity contribution in [2.45, 2.75) is 56.3 Å². The first-order chi connectivity index (χ1) is 12.2. The van der Waals surface area contributed by atoms with Crippen molar-refractivity contribution in [2.24, 2.45) is 0 Å². The molecular weight excluding hydrogens is 334 g/mol. The zero-order chi connectivity index (χ0) is 17.2. The van der Waals surface area contributed by atoms with E-state index in [4.69, 9.17) is 0 Å². The number of nitrogens with zero attached hydrogens (tertiary/aromatic N) is 5. The summed E-state index contributed by atoms with van der Waals surface area (Å²) >= 11 is 1.51. The molecule has 132 valence electrons. The second-order valence-electron chi connectivity index (χ2n) is 6.87. The summed E-state index contributed by atoms with van der Waals surface area (Å²) in [6.07, 6.45) is 9.33. The van der Waals surface area contributed by atoms with Crippen molar-refractivity contribution < 1.29 is 4.79 Å². The zero-order valence-electron chi connectivity index (χ0n) is 14.5. The fourth-order valence-electron chi connectivity index (χ4n) is 3.41. The normalized spacial score (nSPS) is 20.7. The Kier molecular flexibility index (Phi) is 4.74. The molecule has 25 heavy (non-hydrogen) atoms. The monoisotopic (exact) mass is 357 g/mol. The summed E-state index contributed by atoms with van der Waals surface area (Å²) in [5.74, 6) is 1.50. The Bertz CT molecular complexity index is 743. The van der Waals surface area contributed by atoms with Crippen LogP contribution < -0.4 is 0 Å². The number of hydrogen-bond donors (Lipinski definition) is 0. The van der Waals surface area contributed by atoms with E-state index in [9.17, 15) is 4.79 Å². The van der Waals surface area contributed by atoms with E-state index in [1.54, 1.807) is 6.20 Å².